The molecule has 1 aliphatic rings. The van der Waals surface area contributed by atoms with Crippen molar-refractivity contribution in [3.8, 4) is 0 Å². The van der Waals surface area contributed by atoms with E-state index in [0.717, 1.165) is 0 Å². The minimum Gasteiger partial charge on any atom is -0.390 e. The van der Waals surface area contributed by atoms with Gasteiger partial charge in [-0.05, 0) is 6.08 Å². The molecule has 0 radical (unpaired) electrons. The monoisotopic (exact) mass is 159 g/mol. The summed E-state index contributed by atoms with van der Waals surface area (Å²) in [6, 6.07) is 0. The Balaban J connectivity index is 2.70. The molecule has 1 aliphatic heterocycles. The first-order valence-electron chi connectivity index (χ1n) is 3.54. The Bertz CT molecular complexity index is 169. The van der Waals surface area contributed by atoms with Crippen LogP contribution in [0.25, 0.3) is 0 Å². The summed E-state index contributed by atoms with van der Waals surface area (Å²) in [5.41, 5.74) is 0.655. The lowest BCUT2D eigenvalue weighted by Gasteiger charge is -2.31. The topological polar surface area (TPSA) is 63.9 Å². The number of likely N-dealkylation sites (N-methyl/N-ethyl adjacent to an activating group) is 1. The molecule has 11 heavy (non-hydrogen) atoms. The van der Waals surface area contributed by atoms with Crippen LogP contribution in [0.2, 0.25) is 0 Å². The molecule has 1 rings (SSSR count). The predicted molar refractivity (Wildman–Crippen MR) is 39.8 cm³/mol. The first kappa shape index (κ1) is 8.52. The van der Waals surface area contributed by atoms with E-state index < -0.39 is 12.2 Å². The lowest BCUT2D eigenvalue weighted by atomic mass is 10.1. The van der Waals surface area contributed by atoms with Crippen LogP contribution < -0.4 is 0 Å². The lowest BCUT2D eigenvalue weighted by Crippen LogP contribution is -2.41. The molecule has 0 saturated carbocycles. The van der Waals surface area contributed by atoms with E-state index in [-0.39, 0.29) is 6.61 Å². The minimum absolute atomic E-state index is 0.0969. The first-order chi connectivity index (χ1) is 5.15. The second-order valence-electron chi connectivity index (χ2n) is 2.75. The Morgan fingerprint density at radius 2 is 2.27 bits per heavy atom. The Hall–Kier alpha value is -0.580. The molecule has 64 valence electrons. The standard InChI is InChI=1S/C7H13NO3/c1-8-3-7(11)6(10)2-5(8)4-9/h2,6-7,9-11H,3-4H2,1H3. The summed E-state index contributed by atoms with van der Waals surface area (Å²) < 4.78 is 0. The molecule has 2 atom stereocenters. The molecule has 0 amide bonds. The van der Waals surface area contributed by atoms with E-state index in [4.69, 9.17) is 15.3 Å². The SMILES string of the molecule is CN1CC(O)C(O)C=C1CO. The summed E-state index contributed by atoms with van der Waals surface area (Å²) in [7, 11) is 1.76. The van der Waals surface area contributed by atoms with E-state index in [1.165, 1.54) is 6.08 Å². The minimum atomic E-state index is -0.839. The average molecular weight is 159 g/mol. The highest BCUT2D eigenvalue weighted by molar-refractivity contribution is 5.10. The summed E-state index contributed by atoms with van der Waals surface area (Å²) in [5, 5.41) is 27.0. The van der Waals surface area contributed by atoms with Gasteiger partial charge in [0.05, 0.1) is 6.61 Å². The molecule has 4 heteroatoms. The van der Waals surface area contributed by atoms with Crippen molar-refractivity contribution in [2.45, 2.75) is 12.2 Å². The molecule has 0 aromatic rings. The molecule has 3 N–H and O–H groups in total. The van der Waals surface area contributed by atoms with Crippen molar-refractivity contribution in [1.29, 1.82) is 0 Å². The third kappa shape index (κ3) is 1.71. The Labute approximate surface area is 65.4 Å². The van der Waals surface area contributed by atoms with Crippen LogP contribution >= 0.6 is 0 Å². The molecule has 2 unspecified atom stereocenters. The van der Waals surface area contributed by atoms with Gasteiger partial charge in [0, 0.05) is 19.3 Å². The lowest BCUT2D eigenvalue weighted by molar-refractivity contribution is 0.0174. The third-order valence-corrected chi connectivity index (χ3v) is 1.87. The van der Waals surface area contributed by atoms with Crippen LogP contribution in [-0.4, -0.2) is 52.6 Å². The molecule has 1 heterocycles. The van der Waals surface area contributed by atoms with Crippen LogP contribution in [-0.2, 0) is 0 Å². The van der Waals surface area contributed by atoms with E-state index >= 15 is 0 Å². The molecule has 0 aliphatic carbocycles. The molecule has 0 bridgehead atoms. The number of β-amino-alcohol motifs (C(OH)–C–C–N with tert-alkyl or cyclic N) is 1. The molecule has 0 spiro atoms. The van der Waals surface area contributed by atoms with Gasteiger partial charge in [-0.1, -0.05) is 0 Å². The third-order valence-electron chi connectivity index (χ3n) is 1.87. The fraction of sp³-hybridized carbons (Fsp3) is 0.714. The van der Waals surface area contributed by atoms with Gasteiger partial charge in [-0.2, -0.15) is 0 Å². The van der Waals surface area contributed by atoms with Crippen LogP contribution in [0.5, 0.6) is 0 Å². The number of aliphatic hydroxyl groups excluding tert-OH is 3. The summed E-state index contributed by atoms with van der Waals surface area (Å²) in [4.78, 5) is 1.72. The normalized spacial score (nSPS) is 32.0. The quantitative estimate of drug-likeness (QED) is 0.437. The summed E-state index contributed by atoms with van der Waals surface area (Å²) in [5.74, 6) is 0. The van der Waals surface area contributed by atoms with Crippen LogP contribution in [0.1, 0.15) is 0 Å². The van der Waals surface area contributed by atoms with E-state index in [1.54, 1.807) is 11.9 Å². The van der Waals surface area contributed by atoms with Gasteiger partial charge < -0.3 is 20.2 Å². The number of aliphatic hydroxyl groups is 3. The van der Waals surface area contributed by atoms with Crippen molar-refractivity contribution in [2.24, 2.45) is 0 Å². The smallest absolute Gasteiger partial charge is 0.102 e. The molecule has 0 aromatic heterocycles. The summed E-state index contributed by atoms with van der Waals surface area (Å²) >= 11 is 0. The highest BCUT2D eigenvalue weighted by Crippen LogP contribution is 2.12. The second kappa shape index (κ2) is 3.21. The van der Waals surface area contributed by atoms with Gasteiger partial charge in [-0.15, -0.1) is 0 Å². The van der Waals surface area contributed by atoms with Crippen LogP contribution in [0.3, 0.4) is 0 Å². The highest BCUT2D eigenvalue weighted by atomic mass is 16.3. The van der Waals surface area contributed by atoms with Crippen LogP contribution in [0.4, 0.5) is 0 Å². The number of hydrogen-bond acceptors (Lipinski definition) is 4. The maximum absolute atomic E-state index is 9.14. The Kier molecular flexibility index (Phi) is 2.49. The predicted octanol–water partition coefficient (Wildman–Crippen LogP) is -1.47. The van der Waals surface area contributed by atoms with Gasteiger partial charge in [0.1, 0.15) is 12.2 Å². The van der Waals surface area contributed by atoms with Gasteiger partial charge in [0.25, 0.3) is 0 Å². The fourth-order valence-corrected chi connectivity index (χ4v) is 1.11. The zero-order chi connectivity index (χ0) is 8.43. The summed E-state index contributed by atoms with van der Waals surface area (Å²) in [6.45, 7) is 0.272. The van der Waals surface area contributed by atoms with Crippen molar-refractivity contribution in [3.05, 3.63) is 11.8 Å². The van der Waals surface area contributed by atoms with E-state index in [9.17, 15) is 0 Å². The van der Waals surface area contributed by atoms with Crippen LogP contribution in [0.15, 0.2) is 11.8 Å². The second-order valence-corrected chi connectivity index (χ2v) is 2.75. The van der Waals surface area contributed by atoms with Gasteiger partial charge in [-0.25, -0.2) is 0 Å². The largest absolute Gasteiger partial charge is 0.390 e. The van der Waals surface area contributed by atoms with Crippen molar-refractivity contribution in [2.75, 3.05) is 20.2 Å². The van der Waals surface area contributed by atoms with Crippen molar-refractivity contribution in [3.63, 3.8) is 0 Å². The maximum atomic E-state index is 9.14. The number of hydrogen-bond donors (Lipinski definition) is 3. The van der Waals surface area contributed by atoms with Gasteiger partial charge in [0.2, 0.25) is 0 Å². The molecule has 0 fully saturated rings. The van der Waals surface area contributed by atoms with Crippen molar-refractivity contribution >= 4 is 0 Å². The molecule has 4 nitrogen and oxygen atoms in total. The molecular formula is C7H13NO3. The van der Waals surface area contributed by atoms with Crippen molar-refractivity contribution in [1.82, 2.24) is 4.90 Å². The summed E-state index contributed by atoms with van der Waals surface area (Å²) in [6.07, 6.45) is -0.114. The fourth-order valence-electron chi connectivity index (χ4n) is 1.11. The van der Waals surface area contributed by atoms with Gasteiger partial charge >= 0.3 is 0 Å². The zero-order valence-corrected chi connectivity index (χ0v) is 6.44. The maximum Gasteiger partial charge on any atom is 0.102 e. The van der Waals surface area contributed by atoms with Crippen LogP contribution in [0, 0.1) is 0 Å². The zero-order valence-electron chi connectivity index (χ0n) is 6.44. The van der Waals surface area contributed by atoms with Gasteiger partial charge in [-0.3, -0.25) is 0 Å². The van der Waals surface area contributed by atoms with E-state index in [1.807, 2.05) is 0 Å². The molecule has 0 aromatic carbocycles. The van der Waals surface area contributed by atoms with E-state index in [2.05, 4.69) is 0 Å². The Morgan fingerprint density at radius 1 is 1.64 bits per heavy atom. The average Bonchev–Trinajstić information content (AvgIpc) is 1.97. The Morgan fingerprint density at radius 3 is 2.82 bits per heavy atom. The number of nitrogens with zero attached hydrogens (tertiary/aromatic N) is 1. The first-order valence-corrected chi connectivity index (χ1v) is 3.54. The highest BCUT2D eigenvalue weighted by Gasteiger charge is 2.23. The van der Waals surface area contributed by atoms with Crippen molar-refractivity contribution < 1.29 is 15.3 Å². The number of rotatable bonds is 1. The molecular weight excluding hydrogens is 146 g/mol. The van der Waals surface area contributed by atoms with E-state index in [0.29, 0.717) is 12.2 Å². The van der Waals surface area contributed by atoms with Gasteiger partial charge in [0.15, 0.2) is 0 Å². The molecule has 0 saturated heterocycles.